The summed E-state index contributed by atoms with van der Waals surface area (Å²) in [6.07, 6.45) is 4.41. The fourth-order valence-electron chi connectivity index (χ4n) is 4.85. The lowest BCUT2D eigenvalue weighted by Gasteiger charge is -2.35. The molecule has 0 saturated carbocycles. The molecule has 1 N–H and O–H groups in total. The number of carbonyl (C=O) groups is 3. The minimum absolute atomic E-state index is 0.00379. The molecule has 0 saturated heterocycles. The van der Waals surface area contributed by atoms with Gasteiger partial charge in [0.15, 0.2) is 11.0 Å². The van der Waals surface area contributed by atoms with E-state index in [1.807, 2.05) is 12.1 Å². The largest absolute Gasteiger partial charge is 0.456 e. The number of carbonyl (C=O) groups excluding carboxylic acids is 3. The molecule has 2 amide bonds. The van der Waals surface area contributed by atoms with Crippen LogP contribution < -0.4 is 5.32 Å². The van der Waals surface area contributed by atoms with Crippen LogP contribution in [0.1, 0.15) is 53.9 Å². The molecule has 1 aliphatic heterocycles. The molecule has 0 bridgehead atoms. The summed E-state index contributed by atoms with van der Waals surface area (Å²) in [5.41, 5.74) is 2.00. The number of rotatable bonds is 6. The summed E-state index contributed by atoms with van der Waals surface area (Å²) in [4.78, 5) is 41.2. The number of esters is 1. The van der Waals surface area contributed by atoms with E-state index in [9.17, 15) is 14.4 Å². The molecular weight excluding hydrogens is 608 g/mol. The van der Waals surface area contributed by atoms with Crippen LogP contribution in [-0.2, 0) is 20.7 Å². The zero-order valence-corrected chi connectivity index (χ0v) is 25.6. The molecule has 226 valence electrons. The third-order valence-corrected chi connectivity index (χ3v) is 7.28. The van der Waals surface area contributed by atoms with Gasteiger partial charge in [-0.1, -0.05) is 52.7 Å². The predicted octanol–water partition coefficient (Wildman–Crippen LogP) is 6.45. The second-order valence-electron chi connectivity index (χ2n) is 11.1. The lowest BCUT2D eigenvalue weighted by molar-refractivity contribution is -0.135. The van der Waals surface area contributed by atoms with Crippen molar-refractivity contribution in [3.63, 3.8) is 0 Å². The van der Waals surface area contributed by atoms with Gasteiger partial charge in [-0.15, -0.1) is 5.10 Å². The molecule has 0 fully saturated rings. The molecule has 0 aliphatic carbocycles. The number of hydrogen-bond donors (Lipinski definition) is 1. The number of hydrogen-bond acceptors (Lipinski definition) is 6. The van der Waals surface area contributed by atoms with Crippen LogP contribution in [0.25, 0.3) is 11.8 Å². The van der Waals surface area contributed by atoms with Crippen molar-refractivity contribution in [2.75, 3.05) is 11.9 Å². The van der Waals surface area contributed by atoms with E-state index in [1.54, 1.807) is 57.2 Å². The highest BCUT2D eigenvalue weighted by Gasteiger charge is 2.35. The van der Waals surface area contributed by atoms with Gasteiger partial charge >= 0.3 is 5.97 Å². The van der Waals surface area contributed by atoms with Gasteiger partial charge < -0.3 is 15.0 Å². The Morgan fingerprint density at radius 2 is 1.77 bits per heavy atom. The Kier molecular flexibility index (Phi) is 8.85. The van der Waals surface area contributed by atoms with E-state index < -0.39 is 35.2 Å². The number of anilines is 1. The van der Waals surface area contributed by atoms with E-state index in [2.05, 4.69) is 15.6 Å². The fraction of sp³-hybridized carbons (Fsp3) is 0.219. The Bertz CT molecular complexity index is 1770. The van der Waals surface area contributed by atoms with Crippen LogP contribution in [0.3, 0.4) is 0 Å². The van der Waals surface area contributed by atoms with Crippen molar-refractivity contribution in [1.29, 1.82) is 0 Å². The summed E-state index contributed by atoms with van der Waals surface area (Å²) < 4.78 is 21.8. The number of ether oxygens (including phenoxy) is 1. The van der Waals surface area contributed by atoms with Crippen molar-refractivity contribution in [2.45, 2.75) is 38.8 Å². The van der Waals surface area contributed by atoms with Gasteiger partial charge in [-0.05, 0) is 80.8 Å². The maximum absolute atomic E-state index is 15.2. The zero-order chi connectivity index (χ0) is 31.6. The molecule has 5 rings (SSSR count). The maximum Gasteiger partial charge on any atom is 0.338 e. The van der Waals surface area contributed by atoms with E-state index in [-0.39, 0.29) is 28.0 Å². The van der Waals surface area contributed by atoms with E-state index in [0.29, 0.717) is 23.2 Å². The number of nitrogens with one attached hydrogen (secondary N) is 1. The maximum atomic E-state index is 15.2. The van der Waals surface area contributed by atoms with Gasteiger partial charge in [0, 0.05) is 23.9 Å². The zero-order valence-electron chi connectivity index (χ0n) is 24.1. The van der Waals surface area contributed by atoms with Crippen LogP contribution in [0, 0.1) is 5.82 Å². The van der Waals surface area contributed by atoms with Gasteiger partial charge in [0.25, 0.3) is 5.91 Å². The van der Waals surface area contributed by atoms with Crippen molar-refractivity contribution in [3.8, 4) is 5.69 Å². The number of fused-ring (bicyclic) bond motifs is 1. The summed E-state index contributed by atoms with van der Waals surface area (Å²) in [7, 11) is 0. The van der Waals surface area contributed by atoms with Gasteiger partial charge in [-0.3, -0.25) is 9.59 Å². The molecule has 4 aromatic rings. The average molecular weight is 637 g/mol. The fourth-order valence-corrected chi connectivity index (χ4v) is 5.14. The van der Waals surface area contributed by atoms with Crippen molar-refractivity contribution in [3.05, 3.63) is 111 Å². The molecule has 44 heavy (non-hydrogen) atoms. The second kappa shape index (κ2) is 12.6. The first kappa shape index (κ1) is 30.9. The van der Waals surface area contributed by atoms with E-state index in [1.165, 1.54) is 40.1 Å². The minimum atomic E-state index is -0.972. The lowest BCUT2D eigenvalue weighted by Crippen LogP contribution is -2.44. The Morgan fingerprint density at radius 3 is 2.45 bits per heavy atom. The molecule has 1 atom stereocenters. The third kappa shape index (κ3) is 6.82. The Labute approximate surface area is 263 Å². The van der Waals surface area contributed by atoms with Crippen LogP contribution in [0.15, 0.2) is 72.9 Å². The van der Waals surface area contributed by atoms with Crippen molar-refractivity contribution in [1.82, 2.24) is 19.9 Å². The van der Waals surface area contributed by atoms with Crippen LogP contribution in [0.5, 0.6) is 0 Å². The molecule has 1 aliphatic rings. The molecule has 9 nitrogen and oxygen atoms in total. The molecule has 2 heterocycles. The Balaban J connectivity index is 1.41. The number of amides is 2. The normalized spacial score (nSPS) is 14.8. The predicted molar refractivity (Wildman–Crippen MR) is 165 cm³/mol. The number of nitrogens with zero attached hydrogens (tertiary/aromatic N) is 4. The summed E-state index contributed by atoms with van der Waals surface area (Å²) in [5.74, 6) is -2.20. The highest BCUT2D eigenvalue weighted by molar-refractivity contribution is 6.31. The van der Waals surface area contributed by atoms with Gasteiger partial charge in [0.05, 0.1) is 22.5 Å². The molecule has 1 unspecified atom stereocenters. The first-order chi connectivity index (χ1) is 20.9. The lowest BCUT2D eigenvalue weighted by atomic mass is 9.91. The van der Waals surface area contributed by atoms with Crippen LogP contribution in [-0.4, -0.2) is 49.8 Å². The standard InChI is InChI=1S/C32H28Cl2FN5O4/c1-32(2,3)44-31(43)20-8-10-21(11-9-20)36-30(42)29-22-7-5-4-6-19(22)16-17-39(29)27(41)15-12-23-25(14-13-24(33)28(23)35)40-18-26(34)37-38-40/h4-15,18,29H,16-17H2,1-3H3,(H,36,42). The summed E-state index contributed by atoms with van der Waals surface area (Å²) in [6.45, 7) is 5.59. The summed E-state index contributed by atoms with van der Waals surface area (Å²) >= 11 is 11.9. The van der Waals surface area contributed by atoms with Gasteiger partial charge in [-0.2, -0.15) is 0 Å². The SMILES string of the molecule is CC(C)(C)OC(=O)c1ccc(NC(=O)C2c3ccccc3CCN2C(=O)C=Cc2c(-n3cc(Cl)nn3)ccc(Cl)c2F)cc1. The highest BCUT2D eigenvalue weighted by atomic mass is 35.5. The third-order valence-electron chi connectivity index (χ3n) is 6.82. The number of aromatic nitrogens is 3. The molecule has 0 spiro atoms. The van der Waals surface area contributed by atoms with E-state index in [4.69, 9.17) is 27.9 Å². The van der Waals surface area contributed by atoms with Crippen LogP contribution >= 0.6 is 23.2 Å². The first-order valence-corrected chi connectivity index (χ1v) is 14.4. The molecule has 12 heteroatoms. The Hall–Kier alpha value is -4.54. The molecule has 1 aromatic heterocycles. The minimum Gasteiger partial charge on any atom is -0.456 e. The van der Waals surface area contributed by atoms with Gasteiger partial charge in [-0.25, -0.2) is 13.9 Å². The molecule has 0 radical (unpaired) electrons. The quantitative estimate of drug-likeness (QED) is 0.193. The first-order valence-electron chi connectivity index (χ1n) is 13.7. The number of benzene rings is 3. The van der Waals surface area contributed by atoms with Gasteiger partial charge in [0.1, 0.15) is 11.6 Å². The number of halogens is 3. The monoisotopic (exact) mass is 635 g/mol. The summed E-state index contributed by atoms with van der Waals surface area (Å²) in [6, 6.07) is 15.6. The molecule has 3 aromatic carbocycles. The highest BCUT2D eigenvalue weighted by Crippen LogP contribution is 2.32. The van der Waals surface area contributed by atoms with Crippen molar-refractivity contribution >= 4 is 52.7 Å². The van der Waals surface area contributed by atoms with Crippen LogP contribution in [0.2, 0.25) is 10.2 Å². The second-order valence-corrected chi connectivity index (χ2v) is 11.9. The topological polar surface area (TPSA) is 106 Å². The van der Waals surface area contributed by atoms with Crippen molar-refractivity contribution < 1.29 is 23.5 Å². The smallest absolute Gasteiger partial charge is 0.338 e. The van der Waals surface area contributed by atoms with E-state index >= 15 is 4.39 Å². The van der Waals surface area contributed by atoms with Crippen molar-refractivity contribution in [2.24, 2.45) is 0 Å². The van der Waals surface area contributed by atoms with Gasteiger partial charge in [0.2, 0.25) is 5.91 Å². The van der Waals surface area contributed by atoms with Crippen LogP contribution in [0.4, 0.5) is 10.1 Å². The molecular formula is C32H28Cl2FN5O4. The Morgan fingerprint density at radius 1 is 1.05 bits per heavy atom. The average Bonchev–Trinajstić information content (AvgIpc) is 3.42. The van der Waals surface area contributed by atoms with E-state index in [0.717, 1.165) is 5.56 Å². The summed E-state index contributed by atoms with van der Waals surface area (Å²) in [5, 5.41) is 10.4.